The van der Waals surface area contributed by atoms with Gasteiger partial charge in [-0.1, -0.05) is 19.1 Å². The van der Waals surface area contributed by atoms with Crippen LogP contribution in [-0.2, 0) is 11.2 Å². The summed E-state index contributed by atoms with van der Waals surface area (Å²) in [4.78, 5) is 14.6. The van der Waals surface area contributed by atoms with Crippen LogP contribution in [-0.4, -0.2) is 39.1 Å². The van der Waals surface area contributed by atoms with Gasteiger partial charge < -0.3 is 15.5 Å². The Morgan fingerprint density at radius 1 is 1.27 bits per heavy atom. The molecule has 2 rings (SSSR count). The van der Waals surface area contributed by atoms with Crippen LogP contribution in [0.5, 0.6) is 0 Å². The fourth-order valence-electron chi connectivity index (χ4n) is 2.94. The van der Waals surface area contributed by atoms with Gasteiger partial charge in [-0.3, -0.25) is 4.79 Å². The van der Waals surface area contributed by atoms with Gasteiger partial charge in [0, 0.05) is 31.2 Å². The summed E-state index contributed by atoms with van der Waals surface area (Å²) in [5, 5.41) is 6.52. The lowest BCUT2D eigenvalue weighted by atomic mass is 9.80. The lowest BCUT2D eigenvalue weighted by molar-refractivity contribution is -0.132. The monoisotopic (exact) mass is 303 g/mol. The molecule has 0 radical (unpaired) electrons. The first-order valence-electron chi connectivity index (χ1n) is 8.19. The number of hydrogen-bond acceptors (Lipinski definition) is 3. The van der Waals surface area contributed by atoms with E-state index in [1.165, 1.54) is 11.3 Å². The Balaban J connectivity index is 1.89. The summed E-state index contributed by atoms with van der Waals surface area (Å²) >= 11 is 0. The second-order valence-corrected chi connectivity index (χ2v) is 6.95. The van der Waals surface area contributed by atoms with Crippen LogP contribution in [0.15, 0.2) is 24.3 Å². The third-order valence-electron chi connectivity index (χ3n) is 4.63. The van der Waals surface area contributed by atoms with Crippen LogP contribution in [0.25, 0.3) is 0 Å². The fourth-order valence-corrected chi connectivity index (χ4v) is 2.94. The van der Waals surface area contributed by atoms with Gasteiger partial charge in [-0.05, 0) is 57.0 Å². The highest BCUT2D eigenvalue weighted by Gasteiger charge is 2.34. The van der Waals surface area contributed by atoms with Crippen LogP contribution >= 0.6 is 0 Å². The third-order valence-corrected chi connectivity index (χ3v) is 4.63. The summed E-state index contributed by atoms with van der Waals surface area (Å²) in [5.74, 6) is 0.200. The molecule has 0 bridgehead atoms. The summed E-state index contributed by atoms with van der Waals surface area (Å²) in [7, 11) is 4.08. The third kappa shape index (κ3) is 4.23. The summed E-state index contributed by atoms with van der Waals surface area (Å²) in [6.45, 7) is 6.04. The van der Waals surface area contributed by atoms with Crippen LogP contribution in [0.4, 0.5) is 5.69 Å². The normalized spacial score (nSPS) is 18.5. The highest BCUT2D eigenvalue weighted by atomic mass is 16.2. The number of benzene rings is 1. The number of amides is 1. The van der Waals surface area contributed by atoms with Crippen molar-refractivity contribution in [2.24, 2.45) is 5.41 Å². The Kier molecular flexibility index (Phi) is 5.46. The van der Waals surface area contributed by atoms with E-state index in [1.807, 2.05) is 14.1 Å². The molecule has 4 nitrogen and oxygen atoms in total. The topological polar surface area (TPSA) is 44.4 Å². The fraction of sp³-hybridized carbons (Fsp3) is 0.611. The summed E-state index contributed by atoms with van der Waals surface area (Å²) in [5.41, 5.74) is 2.24. The first-order chi connectivity index (χ1) is 10.4. The summed E-state index contributed by atoms with van der Waals surface area (Å²) < 4.78 is 0. The Morgan fingerprint density at radius 3 is 2.41 bits per heavy atom. The van der Waals surface area contributed by atoms with E-state index in [9.17, 15) is 4.79 Å². The molecule has 1 atom stereocenters. The van der Waals surface area contributed by atoms with Crippen LogP contribution in [0, 0.1) is 5.41 Å². The predicted octanol–water partition coefficient (Wildman–Crippen LogP) is 2.19. The molecule has 1 aliphatic heterocycles. The van der Waals surface area contributed by atoms with E-state index in [0.717, 1.165) is 32.4 Å². The van der Waals surface area contributed by atoms with E-state index in [4.69, 9.17) is 0 Å². The van der Waals surface area contributed by atoms with Gasteiger partial charge in [-0.15, -0.1) is 0 Å². The zero-order valence-corrected chi connectivity index (χ0v) is 14.3. The minimum Gasteiger partial charge on any atom is -0.378 e. The van der Waals surface area contributed by atoms with Crippen molar-refractivity contribution < 1.29 is 4.79 Å². The molecular weight excluding hydrogens is 274 g/mol. The number of piperidine rings is 1. The van der Waals surface area contributed by atoms with Crippen molar-refractivity contribution >= 4 is 11.6 Å². The minimum absolute atomic E-state index is 0.157. The zero-order valence-electron chi connectivity index (χ0n) is 14.3. The van der Waals surface area contributed by atoms with Gasteiger partial charge >= 0.3 is 0 Å². The molecule has 1 aromatic carbocycles. The molecule has 22 heavy (non-hydrogen) atoms. The van der Waals surface area contributed by atoms with Crippen LogP contribution in [0.2, 0.25) is 0 Å². The smallest absolute Gasteiger partial charge is 0.226 e. The van der Waals surface area contributed by atoms with E-state index in [0.29, 0.717) is 0 Å². The Bertz CT molecular complexity index is 490. The average molecular weight is 303 g/mol. The van der Waals surface area contributed by atoms with Gasteiger partial charge in [0.15, 0.2) is 0 Å². The number of anilines is 1. The zero-order chi connectivity index (χ0) is 16.2. The van der Waals surface area contributed by atoms with E-state index in [1.54, 1.807) is 0 Å². The average Bonchev–Trinajstić information content (AvgIpc) is 2.48. The number of rotatable bonds is 5. The Labute approximate surface area is 134 Å². The first-order valence-corrected chi connectivity index (χ1v) is 8.19. The van der Waals surface area contributed by atoms with Gasteiger partial charge in [0.05, 0.1) is 0 Å². The maximum atomic E-state index is 12.5. The highest BCUT2D eigenvalue weighted by Crippen LogP contribution is 2.28. The van der Waals surface area contributed by atoms with Crippen molar-refractivity contribution in [3.05, 3.63) is 29.8 Å². The lowest BCUT2D eigenvalue weighted by Gasteiger charge is -2.33. The number of hydrogen-bond donors (Lipinski definition) is 2. The van der Waals surface area contributed by atoms with Crippen molar-refractivity contribution in [3.63, 3.8) is 0 Å². The molecule has 1 fully saturated rings. The van der Waals surface area contributed by atoms with E-state index >= 15 is 0 Å². The van der Waals surface area contributed by atoms with Crippen molar-refractivity contribution in [1.29, 1.82) is 0 Å². The number of carbonyl (C=O) groups excluding carboxylic acids is 1. The second kappa shape index (κ2) is 7.14. The van der Waals surface area contributed by atoms with Crippen molar-refractivity contribution in [1.82, 2.24) is 10.6 Å². The second-order valence-electron chi connectivity index (χ2n) is 6.95. The van der Waals surface area contributed by atoms with E-state index < -0.39 is 0 Å². The molecule has 0 unspecified atom stereocenters. The molecule has 122 valence electrons. The SMILES string of the molecule is C[C@@H](Cc1ccc(N(C)C)cc1)NC(=O)C1(C)CCNCC1. The maximum absolute atomic E-state index is 12.5. The standard InChI is InChI=1S/C18H29N3O/c1-14(13-15-5-7-16(8-6-15)21(3)4)20-17(22)18(2)9-11-19-12-10-18/h5-8,14,19H,9-13H2,1-4H3,(H,20,22)/t14-/m0/s1. The van der Waals surface area contributed by atoms with Crippen LogP contribution in [0.3, 0.4) is 0 Å². The van der Waals surface area contributed by atoms with Gasteiger partial charge in [-0.2, -0.15) is 0 Å². The molecule has 1 saturated heterocycles. The molecule has 0 aliphatic carbocycles. The molecule has 2 N–H and O–H groups in total. The molecule has 1 amide bonds. The first kappa shape index (κ1) is 16.8. The molecule has 1 heterocycles. The van der Waals surface area contributed by atoms with E-state index in [2.05, 4.69) is 53.6 Å². The predicted molar refractivity (Wildman–Crippen MR) is 92.3 cm³/mol. The summed E-state index contributed by atoms with van der Waals surface area (Å²) in [6, 6.07) is 8.69. The van der Waals surface area contributed by atoms with Gasteiger partial charge in [-0.25, -0.2) is 0 Å². The molecule has 4 heteroatoms. The molecule has 0 spiro atoms. The molecule has 0 aromatic heterocycles. The summed E-state index contributed by atoms with van der Waals surface area (Å²) in [6.07, 6.45) is 2.71. The highest BCUT2D eigenvalue weighted by molar-refractivity contribution is 5.82. The number of nitrogens with zero attached hydrogens (tertiary/aromatic N) is 1. The van der Waals surface area contributed by atoms with Crippen LogP contribution in [0.1, 0.15) is 32.3 Å². The Hall–Kier alpha value is -1.55. The minimum atomic E-state index is -0.214. The van der Waals surface area contributed by atoms with E-state index in [-0.39, 0.29) is 17.4 Å². The molecule has 1 aliphatic rings. The maximum Gasteiger partial charge on any atom is 0.226 e. The van der Waals surface area contributed by atoms with Gasteiger partial charge in [0.1, 0.15) is 0 Å². The lowest BCUT2D eigenvalue weighted by Crippen LogP contribution is -2.48. The number of carbonyl (C=O) groups is 1. The number of nitrogens with one attached hydrogen (secondary N) is 2. The van der Waals surface area contributed by atoms with Crippen LogP contribution < -0.4 is 15.5 Å². The molecular formula is C18H29N3O. The Morgan fingerprint density at radius 2 is 1.86 bits per heavy atom. The molecule has 0 saturated carbocycles. The van der Waals surface area contributed by atoms with Gasteiger partial charge in [0.25, 0.3) is 0 Å². The van der Waals surface area contributed by atoms with Crippen molar-refractivity contribution in [2.45, 2.75) is 39.2 Å². The van der Waals surface area contributed by atoms with Crippen molar-refractivity contribution in [2.75, 3.05) is 32.1 Å². The molecule has 1 aromatic rings. The van der Waals surface area contributed by atoms with Gasteiger partial charge in [0.2, 0.25) is 5.91 Å². The van der Waals surface area contributed by atoms with Crippen molar-refractivity contribution in [3.8, 4) is 0 Å². The quantitative estimate of drug-likeness (QED) is 0.876. The largest absolute Gasteiger partial charge is 0.378 e.